The molecular formula is C25H45N4O6PSi. The first-order valence-electron chi connectivity index (χ1n) is 13.0. The number of H-pyrrole nitrogens is 1. The van der Waals surface area contributed by atoms with Gasteiger partial charge < -0.3 is 18.2 Å². The molecule has 210 valence electrons. The number of nitriles is 1. The molecule has 0 amide bonds. The normalized spacial score (nSPS) is 23.7. The Morgan fingerprint density at radius 2 is 1.84 bits per heavy atom. The summed E-state index contributed by atoms with van der Waals surface area (Å²) in [5.74, 6) is 0. The summed E-state index contributed by atoms with van der Waals surface area (Å²) < 4.78 is 29.8. The zero-order valence-corrected chi connectivity index (χ0v) is 25.9. The maximum atomic E-state index is 12.8. The number of nitrogens with zero attached hydrogens (tertiary/aromatic N) is 3. The van der Waals surface area contributed by atoms with E-state index in [1.165, 1.54) is 16.8 Å². The number of hydrogen-bond donors (Lipinski definition) is 1. The second-order valence-corrected chi connectivity index (χ2v) is 17.6. The molecule has 1 N–H and O–H groups in total. The van der Waals surface area contributed by atoms with Crippen LogP contribution < -0.4 is 11.2 Å². The molecule has 2 rings (SSSR count). The van der Waals surface area contributed by atoms with Gasteiger partial charge in [0.15, 0.2) is 14.5 Å². The molecular weight excluding hydrogens is 511 g/mol. The number of hydrogen-bond acceptors (Lipinski definition) is 8. The number of rotatable bonds is 12. The van der Waals surface area contributed by atoms with Gasteiger partial charge in [0.1, 0.15) is 12.2 Å². The van der Waals surface area contributed by atoms with Gasteiger partial charge in [0.05, 0.1) is 25.2 Å². The summed E-state index contributed by atoms with van der Waals surface area (Å²) >= 11 is 0. The number of aromatic nitrogens is 2. The van der Waals surface area contributed by atoms with Gasteiger partial charge >= 0.3 is 5.69 Å². The molecule has 0 spiro atoms. The molecule has 10 nitrogen and oxygen atoms in total. The number of aromatic amines is 1. The molecule has 0 saturated carbocycles. The number of ether oxygens (including phenoxy) is 1. The van der Waals surface area contributed by atoms with Gasteiger partial charge in [-0.05, 0) is 52.2 Å². The lowest BCUT2D eigenvalue weighted by Gasteiger charge is -2.42. The van der Waals surface area contributed by atoms with Gasteiger partial charge in [-0.2, -0.15) is 5.26 Å². The second-order valence-electron chi connectivity index (χ2n) is 11.5. The molecule has 37 heavy (non-hydrogen) atoms. The minimum absolute atomic E-state index is 0.0569. The summed E-state index contributed by atoms with van der Waals surface area (Å²) in [6.45, 7) is 21.4. The molecule has 0 bridgehead atoms. The highest BCUT2D eigenvalue weighted by atomic mass is 31.2. The first-order valence-corrected chi connectivity index (χ1v) is 17.1. The van der Waals surface area contributed by atoms with Gasteiger partial charge in [-0.15, -0.1) is 0 Å². The minimum Gasteiger partial charge on any atom is -0.408 e. The van der Waals surface area contributed by atoms with Crippen LogP contribution in [0.2, 0.25) is 18.1 Å². The first kappa shape index (κ1) is 31.8. The standard InChI is InChI=1S/C25H45N4O6PSi/c1-11-19-21(35-37(9,10)25(6,7)8)22(23(33-19)28-15-13-20(30)27-24(28)31)34-36(32-16-12-14-26)29(17(2)3)18(4)5/h13,15,17-19,21-23H,11-12,16H2,1-10H3,(H,27,30,31)/t19-,21?,22+,23-,36?/m1/s1. The minimum atomic E-state index is -2.27. The topological polar surface area (TPSA) is 119 Å². The van der Waals surface area contributed by atoms with Crippen molar-refractivity contribution in [1.29, 1.82) is 5.26 Å². The zero-order chi connectivity index (χ0) is 28.1. The van der Waals surface area contributed by atoms with Crippen molar-refractivity contribution in [2.24, 2.45) is 0 Å². The van der Waals surface area contributed by atoms with Crippen LogP contribution in [0.4, 0.5) is 0 Å². The Morgan fingerprint density at radius 1 is 1.22 bits per heavy atom. The van der Waals surface area contributed by atoms with Crippen LogP contribution in [0, 0.1) is 11.3 Å². The summed E-state index contributed by atoms with van der Waals surface area (Å²) in [5.41, 5.74) is -1.06. The molecule has 0 aromatic carbocycles. The molecule has 1 aliphatic heterocycles. The molecule has 2 unspecified atom stereocenters. The van der Waals surface area contributed by atoms with Gasteiger partial charge in [0.25, 0.3) is 14.1 Å². The average Bonchev–Trinajstić information content (AvgIpc) is 3.08. The van der Waals surface area contributed by atoms with E-state index in [9.17, 15) is 9.59 Å². The van der Waals surface area contributed by atoms with Crippen molar-refractivity contribution in [1.82, 2.24) is 14.2 Å². The molecule has 1 saturated heterocycles. The largest absolute Gasteiger partial charge is 0.408 e. The summed E-state index contributed by atoms with van der Waals surface area (Å²) in [4.78, 5) is 26.9. The Hall–Kier alpha value is -1.38. The third-order valence-corrected chi connectivity index (χ3v) is 13.5. The second kappa shape index (κ2) is 13.1. The molecule has 1 aromatic heterocycles. The Labute approximate surface area is 223 Å². The summed E-state index contributed by atoms with van der Waals surface area (Å²) in [5, 5.41) is 9.04. The monoisotopic (exact) mass is 556 g/mol. The maximum absolute atomic E-state index is 12.8. The van der Waals surface area contributed by atoms with Gasteiger partial charge in [-0.1, -0.05) is 27.7 Å². The van der Waals surface area contributed by atoms with Crippen molar-refractivity contribution in [2.75, 3.05) is 6.61 Å². The lowest BCUT2D eigenvalue weighted by atomic mass is 10.1. The van der Waals surface area contributed by atoms with E-state index in [2.05, 4.69) is 77.3 Å². The summed E-state index contributed by atoms with van der Waals surface area (Å²) in [6, 6.07) is 3.63. The van der Waals surface area contributed by atoms with Crippen LogP contribution in [0.1, 0.15) is 74.5 Å². The number of nitrogens with one attached hydrogen (secondary N) is 1. The van der Waals surface area contributed by atoms with E-state index in [0.29, 0.717) is 6.42 Å². The van der Waals surface area contributed by atoms with E-state index in [0.717, 1.165) is 0 Å². The third-order valence-electron chi connectivity index (χ3n) is 6.92. The van der Waals surface area contributed by atoms with Gasteiger partial charge in [0.2, 0.25) is 0 Å². The lowest BCUT2D eigenvalue weighted by molar-refractivity contribution is -0.0375. The Morgan fingerprint density at radius 3 is 2.32 bits per heavy atom. The molecule has 12 heteroatoms. The van der Waals surface area contributed by atoms with Crippen LogP contribution in [-0.4, -0.2) is 59.5 Å². The molecule has 0 radical (unpaired) electrons. The van der Waals surface area contributed by atoms with Gasteiger partial charge in [-0.3, -0.25) is 14.3 Å². The van der Waals surface area contributed by atoms with Crippen LogP contribution >= 0.6 is 8.53 Å². The maximum Gasteiger partial charge on any atom is 0.330 e. The van der Waals surface area contributed by atoms with Gasteiger partial charge in [-0.25, -0.2) is 9.46 Å². The van der Waals surface area contributed by atoms with Crippen LogP contribution in [-0.2, 0) is 18.2 Å². The Bertz CT molecular complexity index is 1020. The summed E-state index contributed by atoms with van der Waals surface area (Å²) in [6.07, 6.45) is 0.0264. The van der Waals surface area contributed by atoms with Crippen LogP contribution in [0.5, 0.6) is 0 Å². The fourth-order valence-electron chi connectivity index (χ4n) is 4.06. The average molecular weight is 557 g/mol. The Kier molecular flexibility index (Phi) is 11.3. The van der Waals surface area contributed by atoms with E-state index in [-0.39, 0.29) is 36.3 Å². The quantitative estimate of drug-likeness (QED) is 0.219. The van der Waals surface area contributed by atoms with E-state index in [4.69, 9.17) is 23.5 Å². The van der Waals surface area contributed by atoms with E-state index >= 15 is 0 Å². The highest BCUT2D eigenvalue weighted by Gasteiger charge is 2.52. The van der Waals surface area contributed by atoms with Crippen molar-refractivity contribution in [2.45, 2.75) is 123 Å². The van der Waals surface area contributed by atoms with Crippen molar-refractivity contribution in [3.8, 4) is 6.07 Å². The van der Waals surface area contributed by atoms with Crippen LogP contribution in [0.15, 0.2) is 21.9 Å². The summed E-state index contributed by atoms with van der Waals surface area (Å²) in [7, 11) is -3.90. The SMILES string of the molecule is CC[C@H]1O[C@@H](n2ccc(=O)[nH]c2=O)[C@@H](OP(OCCC#N)N(C(C)C)C(C)C)C1O[Si](C)(C)C(C)(C)C. The van der Waals surface area contributed by atoms with Gasteiger partial charge in [0, 0.05) is 24.3 Å². The fourth-order valence-corrected chi connectivity index (χ4v) is 7.12. The van der Waals surface area contributed by atoms with Crippen molar-refractivity contribution < 1.29 is 18.2 Å². The highest BCUT2D eigenvalue weighted by Crippen LogP contribution is 2.52. The molecule has 2 heterocycles. The van der Waals surface area contributed by atoms with Crippen molar-refractivity contribution >= 4 is 16.8 Å². The molecule has 0 aliphatic carbocycles. The lowest BCUT2D eigenvalue weighted by Crippen LogP contribution is -2.50. The van der Waals surface area contributed by atoms with Crippen LogP contribution in [0.3, 0.4) is 0 Å². The van der Waals surface area contributed by atoms with E-state index in [1.54, 1.807) is 0 Å². The molecule has 1 fully saturated rings. The Balaban J connectivity index is 2.61. The predicted octanol–water partition coefficient (Wildman–Crippen LogP) is 4.90. The third kappa shape index (κ3) is 7.82. The molecule has 1 aromatic rings. The molecule has 5 atom stereocenters. The zero-order valence-electron chi connectivity index (χ0n) is 24.0. The van der Waals surface area contributed by atoms with Crippen molar-refractivity contribution in [3.63, 3.8) is 0 Å². The molecule has 1 aliphatic rings. The smallest absolute Gasteiger partial charge is 0.330 e. The van der Waals surface area contributed by atoms with Crippen LogP contribution in [0.25, 0.3) is 0 Å². The highest BCUT2D eigenvalue weighted by molar-refractivity contribution is 7.44. The fraction of sp³-hybridized carbons (Fsp3) is 0.800. The van der Waals surface area contributed by atoms with E-state index in [1.807, 2.05) is 6.92 Å². The van der Waals surface area contributed by atoms with Crippen molar-refractivity contribution in [3.05, 3.63) is 33.1 Å². The first-order chi connectivity index (χ1) is 17.1. The predicted molar refractivity (Wildman–Crippen MR) is 148 cm³/mol. The van der Waals surface area contributed by atoms with E-state index < -0.39 is 46.5 Å².